The summed E-state index contributed by atoms with van der Waals surface area (Å²) in [7, 11) is 0. The molecule has 104 valence electrons. The first-order chi connectivity index (χ1) is 9.58. The zero-order valence-corrected chi connectivity index (χ0v) is 12.0. The fourth-order valence-corrected chi connectivity index (χ4v) is 2.26. The van der Waals surface area contributed by atoms with E-state index in [4.69, 9.17) is 28.3 Å². The summed E-state index contributed by atoms with van der Waals surface area (Å²) < 4.78 is 0. The van der Waals surface area contributed by atoms with Crippen LogP contribution in [-0.4, -0.2) is 17.6 Å². The van der Waals surface area contributed by atoms with E-state index in [9.17, 15) is 4.79 Å². The molecule has 0 aliphatic heterocycles. The predicted molar refractivity (Wildman–Crippen MR) is 80.4 cm³/mol. The molecular formula is C15H13Cl2NO2. The first kappa shape index (κ1) is 14.9. The van der Waals surface area contributed by atoms with Crippen molar-refractivity contribution in [3.8, 4) is 0 Å². The second-order valence-corrected chi connectivity index (χ2v) is 5.11. The normalized spacial score (nSPS) is 12.1. The van der Waals surface area contributed by atoms with Crippen LogP contribution in [0.5, 0.6) is 0 Å². The number of rotatable bonds is 5. The minimum atomic E-state index is -0.911. The van der Waals surface area contributed by atoms with Crippen LogP contribution >= 0.6 is 23.2 Å². The van der Waals surface area contributed by atoms with Crippen LogP contribution in [0.25, 0.3) is 0 Å². The van der Waals surface area contributed by atoms with Crippen molar-refractivity contribution in [3.05, 3.63) is 69.7 Å². The minimum absolute atomic E-state index is 0.139. The van der Waals surface area contributed by atoms with Gasteiger partial charge in [-0.2, -0.15) is 0 Å². The van der Waals surface area contributed by atoms with Crippen molar-refractivity contribution < 1.29 is 9.90 Å². The molecule has 0 spiro atoms. The van der Waals surface area contributed by atoms with Gasteiger partial charge in [-0.05, 0) is 23.3 Å². The molecule has 2 aromatic rings. The van der Waals surface area contributed by atoms with Gasteiger partial charge in [0.2, 0.25) is 0 Å². The van der Waals surface area contributed by atoms with Crippen LogP contribution in [-0.2, 0) is 4.79 Å². The minimum Gasteiger partial charge on any atom is -0.480 e. The third-order valence-electron chi connectivity index (χ3n) is 2.87. The second-order valence-electron chi connectivity index (χ2n) is 4.29. The van der Waals surface area contributed by atoms with Crippen molar-refractivity contribution in [3.63, 3.8) is 0 Å². The number of hydrogen-bond acceptors (Lipinski definition) is 2. The molecule has 0 saturated heterocycles. The molecule has 2 N–H and O–H groups in total. The average molecular weight is 310 g/mol. The lowest BCUT2D eigenvalue weighted by atomic mass is 9.99. The van der Waals surface area contributed by atoms with E-state index in [0.717, 1.165) is 11.1 Å². The molecule has 2 aromatic carbocycles. The first-order valence-corrected chi connectivity index (χ1v) is 6.78. The van der Waals surface area contributed by atoms with Crippen molar-refractivity contribution in [2.45, 2.75) is 6.04 Å². The van der Waals surface area contributed by atoms with Gasteiger partial charge in [0.25, 0.3) is 0 Å². The highest BCUT2D eigenvalue weighted by atomic mass is 35.5. The second kappa shape index (κ2) is 6.75. The highest BCUT2D eigenvalue weighted by Gasteiger charge is 2.15. The quantitative estimate of drug-likeness (QED) is 0.884. The molecule has 0 fully saturated rings. The molecule has 0 bridgehead atoms. The van der Waals surface area contributed by atoms with E-state index in [2.05, 4.69) is 5.32 Å². The Hall–Kier alpha value is -1.55. The SMILES string of the molecule is O=C(O)CNC(c1ccccc1)c1ccc(Cl)c(Cl)c1. The molecule has 0 aliphatic rings. The van der Waals surface area contributed by atoms with Crippen molar-refractivity contribution in [1.82, 2.24) is 5.32 Å². The van der Waals surface area contributed by atoms with Crippen molar-refractivity contribution in [2.75, 3.05) is 6.54 Å². The average Bonchev–Trinajstić information content (AvgIpc) is 2.44. The standard InChI is InChI=1S/C15H13Cl2NO2/c16-12-7-6-11(8-13(12)17)15(18-9-14(19)20)10-4-2-1-3-5-10/h1-8,15,18H,9H2,(H,19,20). The number of benzene rings is 2. The molecule has 0 aliphatic carbocycles. The van der Waals surface area contributed by atoms with Gasteiger partial charge in [-0.15, -0.1) is 0 Å². The smallest absolute Gasteiger partial charge is 0.317 e. The van der Waals surface area contributed by atoms with Gasteiger partial charge in [-0.25, -0.2) is 0 Å². The maximum Gasteiger partial charge on any atom is 0.317 e. The maximum absolute atomic E-state index is 10.8. The van der Waals surface area contributed by atoms with Crippen LogP contribution in [0.15, 0.2) is 48.5 Å². The highest BCUT2D eigenvalue weighted by Crippen LogP contribution is 2.28. The van der Waals surface area contributed by atoms with E-state index in [1.54, 1.807) is 12.1 Å². The van der Waals surface area contributed by atoms with Crippen LogP contribution in [0, 0.1) is 0 Å². The van der Waals surface area contributed by atoms with Gasteiger partial charge >= 0.3 is 5.97 Å². The lowest BCUT2D eigenvalue weighted by molar-refractivity contribution is -0.136. The highest BCUT2D eigenvalue weighted by molar-refractivity contribution is 6.42. The molecule has 2 rings (SSSR count). The van der Waals surface area contributed by atoms with Crippen LogP contribution in [0.4, 0.5) is 0 Å². The maximum atomic E-state index is 10.8. The van der Waals surface area contributed by atoms with E-state index in [1.807, 2.05) is 36.4 Å². The zero-order valence-electron chi connectivity index (χ0n) is 10.5. The molecule has 0 radical (unpaired) electrons. The number of carbonyl (C=O) groups is 1. The van der Waals surface area contributed by atoms with Gasteiger partial charge < -0.3 is 5.11 Å². The predicted octanol–water partition coefficient (Wildman–Crippen LogP) is 3.76. The third-order valence-corrected chi connectivity index (χ3v) is 3.61. The van der Waals surface area contributed by atoms with E-state index >= 15 is 0 Å². The number of hydrogen-bond donors (Lipinski definition) is 2. The van der Waals surface area contributed by atoms with E-state index in [0.29, 0.717) is 10.0 Å². The first-order valence-electron chi connectivity index (χ1n) is 6.03. The summed E-state index contributed by atoms with van der Waals surface area (Å²) in [6.07, 6.45) is 0. The summed E-state index contributed by atoms with van der Waals surface area (Å²) in [6, 6.07) is 14.6. The van der Waals surface area contributed by atoms with E-state index in [-0.39, 0.29) is 12.6 Å². The zero-order chi connectivity index (χ0) is 14.5. The molecule has 20 heavy (non-hydrogen) atoms. The summed E-state index contributed by atoms with van der Waals surface area (Å²) in [6.45, 7) is -0.139. The molecule has 0 aromatic heterocycles. The van der Waals surface area contributed by atoms with Crippen molar-refractivity contribution in [2.24, 2.45) is 0 Å². The van der Waals surface area contributed by atoms with Gasteiger partial charge in [0.1, 0.15) is 0 Å². The fraction of sp³-hybridized carbons (Fsp3) is 0.133. The summed E-state index contributed by atoms with van der Waals surface area (Å²) in [5.41, 5.74) is 1.83. The molecular weight excluding hydrogens is 297 g/mol. The van der Waals surface area contributed by atoms with Gasteiger partial charge in [-0.3, -0.25) is 10.1 Å². The molecule has 5 heteroatoms. The van der Waals surface area contributed by atoms with Gasteiger partial charge in [0.15, 0.2) is 0 Å². The summed E-state index contributed by atoms with van der Waals surface area (Å²) in [4.78, 5) is 10.8. The topological polar surface area (TPSA) is 49.3 Å². The summed E-state index contributed by atoms with van der Waals surface area (Å²) in [5, 5.41) is 12.8. The largest absolute Gasteiger partial charge is 0.480 e. The molecule has 0 amide bonds. The Balaban J connectivity index is 2.35. The molecule has 3 nitrogen and oxygen atoms in total. The van der Waals surface area contributed by atoms with Crippen LogP contribution in [0.3, 0.4) is 0 Å². The number of carboxylic acids is 1. The van der Waals surface area contributed by atoms with Crippen LogP contribution < -0.4 is 5.32 Å². The molecule has 1 unspecified atom stereocenters. The molecule has 0 saturated carbocycles. The Labute approximate surface area is 127 Å². The summed E-state index contributed by atoms with van der Waals surface area (Å²) in [5.74, 6) is -0.911. The van der Waals surface area contributed by atoms with E-state index < -0.39 is 5.97 Å². The van der Waals surface area contributed by atoms with Crippen LogP contribution in [0.2, 0.25) is 10.0 Å². The number of halogens is 2. The van der Waals surface area contributed by atoms with E-state index in [1.165, 1.54) is 0 Å². The monoisotopic (exact) mass is 309 g/mol. The number of nitrogens with one attached hydrogen (secondary N) is 1. The Bertz CT molecular complexity index is 602. The van der Waals surface area contributed by atoms with Crippen molar-refractivity contribution >= 4 is 29.2 Å². The lowest BCUT2D eigenvalue weighted by Gasteiger charge is -2.19. The Morgan fingerprint density at radius 3 is 2.35 bits per heavy atom. The fourth-order valence-electron chi connectivity index (χ4n) is 1.95. The Kier molecular flexibility index (Phi) is 5.01. The molecule has 1 atom stereocenters. The van der Waals surface area contributed by atoms with Crippen LogP contribution in [0.1, 0.15) is 17.2 Å². The van der Waals surface area contributed by atoms with Gasteiger partial charge in [-0.1, -0.05) is 59.6 Å². The Morgan fingerprint density at radius 1 is 1.05 bits per heavy atom. The Morgan fingerprint density at radius 2 is 1.75 bits per heavy atom. The number of carboxylic acid groups (broad SMARTS) is 1. The third kappa shape index (κ3) is 3.73. The van der Waals surface area contributed by atoms with Crippen molar-refractivity contribution in [1.29, 1.82) is 0 Å². The van der Waals surface area contributed by atoms with Gasteiger partial charge in [0, 0.05) is 0 Å². The summed E-state index contributed by atoms with van der Waals surface area (Å²) >= 11 is 11.9. The lowest BCUT2D eigenvalue weighted by Crippen LogP contribution is -2.28. The van der Waals surface area contributed by atoms with Gasteiger partial charge in [0.05, 0.1) is 22.6 Å². The number of aliphatic carboxylic acids is 1. The molecule has 0 heterocycles.